The highest BCUT2D eigenvalue weighted by Crippen LogP contribution is 2.25. The van der Waals surface area contributed by atoms with E-state index in [9.17, 15) is 0 Å². The maximum Gasteiger partial charge on any atom is 0.159 e. The van der Waals surface area contributed by atoms with Crippen molar-refractivity contribution in [1.82, 2.24) is 0 Å². The Bertz CT molecular complexity index is 324. The number of benzene rings is 1. The highest BCUT2D eigenvalue weighted by Gasteiger charge is 2.21. The van der Waals surface area contributed by atoms with Crippen LogP contribution < -0.4 is 0 Å². The summed E-state index contributed by atoms with van der Waals surface area (Å²) in [5, 5.41) is 0. The van der Waals surface area contributed by atoms with Crippen molar-refractivity contribution in [3.63, 3.8) is 0 Å². The molecule has 0 saturated heterocycles. The van der Waals surface area contributed by atoms with Gasteiger partial charge in [0, 0.05) is 41.3 Å². The normalized spacial score (nSPS) is 14.6. The molecule has 0 radical (unpaired) electrons. The molecule has 0 fully saturated rings. The van der Waals surface area contributed by atoms with Crippen molar-refractivity contribution in [2.75, 3.05) is 28.4 Å². The van der Waals surface area contributed by atoms with Gasteiger partial charge in [0.25, 0.3) is 0 Å². The molecule has 1 aromatic rings. The number of hydrogen-bond acceptors (Lipinski definition) is 4. The van der Waals surface area contributed by atoms with Gasteiger partial charge < -0.3 is 18.9 Å². The molecule has 2 atom stereocenters. The van der Waals surface area contributed by atoms with E-state index >= 15 is 0 Å². The highest BCUT2D eigenvalue weighted by atomic mass is 16.7. The molecule has 0 aliphatic rings. The monoisotopic (exact) mass is 268 g/mol. The predicted octanol–water partition coefficient (Wildman–Crippen LogP) is 2.79. The van der Waals surface area contributed by atoms with Crippen LogP contribution in [-0.4, -0.2) is 40.8 Å². The van der Waals surface area contributed by atoms with E-state index in [1.54, 1.807) is 28.4 Å². The number of ether oxygens (including phenoxy) is 4. The first kappa shape index (κ1) is 16.1. The van der Waals surface area contributed by atoms with Gasteiger partial charge in [-0.15, -0.1) is 0 Å². The lowest BCUT2D eigenvalue weighted by atomic mass is 10.0. The molecule has 0 amide bonds. The fourth-order valence-corrected chi connectivity index (χ4v) is 2.07. The van der Waals surface area contributed by atoms with E-state index < -0.39 is 0 Å². The molecule has 4 nitrogen and oxygen atoms in total. The van der Waals surface area contributed by atoms with Gasteiger partial charge in [-0.3, -0.25) is 0 Å². The Morgan fingerprint density at radius 1 is 0.789 bits per heavy atom. The van der Waals surface area contributed by atoms with Crippen LogP contribution in [0, 0.1) is 0 Å². The van der Waals surface area contributed by atoms with Crippen LogP contribution in [0.2, 0.25) is 0 Å². The van der Waals surface area contributed by atoms with Crippen molar-refractivity contribution in [1.29, 1.82) is 0 Å². The minimum atomic E-state index is -0.252. The fourth-order valence-electron chi connectivity index (χ4n) is 2.07. The quantitative estimate of drug-likeness (QED) is 0.645. The third-order valence-electron chi connectivity index (χ3n) is 3.25. The number of hydrogen-bond donors (Lipinski definition) is 0. The number of rotatable bonds is 9. The summed E-state index contributed by atoms with van der Waals surface area (Å²) in [5.74, 6) is 0. The lowest BCUT2D eigenvalue weighted by Crippen LogP contribution is -2.25. The Balaban J connectivity index is 2.62. The van der Waals surface area contributed by atoms with Crippen LogP contribution in [0.5, 0.6) is 0 Å². The average Bonchev–Trinajstić information content (AvgIpc) is 2.48. The van der Waals surface area contributed by atoms with Crippen LogP contribution in [0.3, 0.4) is 0 Å². The van der Waals surface area contributed by atoms with Gasteiger partial charge in [-0.1, -0.05) is 30.3 Å². The standard InChI is InChI=1S/C15H24O4/c1-16-13(11-15(18-3)19-4)10-14(17-2)12-8-6-5-7-9-12/h5-9,13-15H,10-11H2,1-4H3/t13-,14-/m1/s1. The van der Waals surface area contributed by atoms with Gasteiger partial charge in [0.2, 0.25) is 0 Å². The minimum absolute atomic E-state index is 0.0144. The van der Waals surface area contributed by atoms with Crippen molar-refractivity contribution >= 4 is 0 Å². The van der Waals surface area contributed by atoms with Gasteiger partial charge in [0.15, 0.2) is 6.29 Å². The van der Waals surface area contributed by atoms with Crippen LogP contribution in [-0.2, 0) is 18.9 Å². The first-order chi connectivity index (χ1) is 9.24. The highest BCUT2D eigenvalue weighted by molar-refractivity contribution is 5.17. The Labute approximate surface area is 115 Å². The van der Waals surface area contributed by atoms with Crippen LogP contribution in [0.15, 0.2) is 30.3 Å². The summed E-state index contributed by atoms with van der Waals surface area (Å²) in [7, 11) is 6.68. The van der Waals surface area contributed by atoms with E-state index in [0.717, 1.165) is 12.0 Å². The smallest absolute Gasteiger partial charge is 0.159 e. The molecular formula is C15H24O4. The lowest BCUT2D eigenvalue weighted by Gasteiger charge is -2.24. The summed E-state index contributed by atoms with van der Waals surface area (Å²) in [6, 6.07) is 10.1. The molecular weight excluding hydrogens is 244 g/mol. The van der Waals surface area contributed by atoms with E-state index in [4.69, 9.17) is 18.9 Å². The zero-order valence-corrected chi connectivity index (χ0v) is 12.2. The van der Waals surface area contributed by atoms with Gasteiger partial charge in [0.05, 0.1) is 12.2 Å². The Kier molecular flexibility index (Phi) is 7.67. The number of methoxy groups -OCH3 is 4. The van der Waals surface area contributed by atoms with Crippen LogP contribution >= 0.6 is 0 Å². The van der Waals surface area contributed by atoms with Crippen LogP contribution in [0.1, 0.15) is 24.5 Å². The molecule has 1 aromatic carbocycles. The van der Waals surface area contributed by atoms with Gasteiger partial charge in [-0.2, -0.15) is 0 Å². The maximum absolute atomic E-state index is 5.56. The summed E-state index contributed by atoms with van der Waals surface area (Å²) < 4.78 is 21.5. The Hall–Kier alpha value is -0.940. The lowest BCUT2D eigenvalue weighted by molar-refractivity contribution is -0.130. The molecule has 0 N–H and O–H groups in total. The van der Waals surface area contributed by atoms with Crippen molar-refractivity contribution < 1.29 is 18.9 Å². The first-order valence-corrected chi connectivity index (χ1v) is 6.41. The molecule has 4 heteroatoms. The fraction of sp³-hybridized carbons (Fsp3) is 0.600. The van der Waals surface area contributed by atoms with Crippen LogP contribution in [0.4, 0.5) is 0 Å². The van der Waals surface area contributed by atoms with E-state index in [0.29, 0.717) is 6.42 Å². The van der Waals surface area contributed by atoms with E-state index in [-0.39, 0.29) is 18.5 Å². The second kappa shape index (κ2) is 9.04. The zero-order chi connectivity index (χ0) is 14.1. The maximum atomic E-state index is 5.56. The van der Waals surface area contributed by atoms with Crippen molar-refractivity contribution in [3.8, 4) is 0 Å². The third-order valence-corrected chi connectivity index (χ3v) is 3.25. The van der Waals surface area contributed by atoms with Crippen molar-refractivity contribution in [2.45, 2.75) is 31.3 Å². The van der Waals surface area contributed by atoms with Gasteiger partial charge in [-0.05, 0) is 5.56 Å². The largest absolute Gasteiger partial charge is 0.381 e. The molecule has 0 bridgehead atoms. The third kappa shape index (κ3) is 5.28. The zero-order valence-electron chi connectivity index (χ0n) is 12.2. The van der Waals surface area contributed by atoms with E-state index in [1.165, 1.54) is 0 Å². The molecule has 0 aromatic heterocycles. The Morgan fingerprint density at radius 3 is 1.89 bits per heavy atom. The van der Waals surface area contributed by atoms with Crippen LogP contribution in [0.25, 0.3) is 0 Å². The molecule has 1 rings (SSSR count). The molecule has 108 valence electrons. The van der Waals surface area contributed by atoms with Gasteiger partial charge in [-0.25, -0.2) is 0 Å². The molecule has 0 aliphatic heterocycles. The minimum Gasteiger partial charge on any atom is -0.381 e. The first-order valence-electron chi connectivity index (χ1n) is 6.41. The molecule has 0 saturated carbocycles. The van der Waals surface area contributed by atoms with Crippen molar-refractivity contribution in [2.24, 2.45) is 0 Å². The molecule has 0 spiro atoms. The summed E-state index contributed by atoms with van der Waals surface area (Å²) >= 11 is 0. The van der Waals surface area contributed by atoms with Gasteiger partial charge >= 0.3 is 0 Å². The summed E-state index contributed by atoms with van der Waals surface area (Å²) in [5.41, 5.74) is 1.15. The molecule has 0 unspecified atom stereocenters. The molecule has 19 heavy (non-hydrogen) atoms. The van der Waals surface area contributed by atoms with E-state index in [2.05, 4.69) is 12.1 Å². The predicted molar refractivity (Wildman–Crippen MR) is 74.0 cm³/mol. The average molecular weight is 268 g/mol. The second-order valence-electron chi connectivity index (χ2n) is 4.37. The SMILES string of the molecule is COC(C[C@@H](C[C@@H](OC)c1ccccc1)OC)OC. The second-order valence-corrected chi connectivity index (χ2v) is 4.37. The van der Waals surface area contributed by atoms with Crippen molar-refractivity contribution in [3.05, 3.63) is 35.9 Å². The summed E-state index contributed by atoms with van der Waals surface area (Å²) in [6.07, 6.45) is 1.23. The summed E-state index contributed by atoms with van der Waals surface area (Å²) in [4.78, 5) is 0. The van der Waals surface area contributed by atoms with Gasteiger partial charge in [0.1, 0.15) is 0 Å². The van der Waals surface area contributed by atoms with E-state index in [1.807, 2.05) is 18.2 Å². The topological polar surface area (TPSA) is 36.9 Å². The molecule has 0 aliphatic carbocycles. The summed E-state index contributed by atoms with van der Waals surface area (Å²) in [6.45, 7) is 0. The Morgan fingerprint density at radius 2 is 1.42 bits per heavy atom. The molecule has 0 heterocycles.